The second kappa shape index (κ2) is 6.83. The Balaban J connectivity index is 2.92. The number of aliphatic hydroxyl groups excluding tert-OH is 1. The highest BCUT2D eigenvalue weighted by Crippen LogP contribution is 2.25. The van der Waals surface area contributed by atoms with E-state index in [1.807, 2.05) is 0 Å². The van der Waals surface area contributed by atoms with Crippen LogP contribution in [0.4, 0.5) is 11.4 Å². The van der Waals surface area contributed by atoms with Gasteiger partial charge in [0.2, 0.25) is 0 Å². The van der Waals surface area contributed by atoms with E-state index in [0.29, 0.717) is 0 Å². The Kier molecular flexibility index (Phi) is 5.42. The standard InChI is InChI=1S/C12H17N3O5/c1-14(6-8(16)7-20-2)12(17)9-4-3-5-10(11(9)13)15(18)19/h3-5,8,16H,6-7,13H2,1-2H3. The van der Waals surface area contributed by atoms with Crippen LogP contribution in [0.2, 0.25) is 0 Å². The molecular formula is C12H17N3O5. The highest BCUT2D eigenvalue weighted by atomic mass is 16.6. The molecule has 110 valence electrons. The van der Waals surface area contributed by atoms with Crippen molar-refractivity contribution in [2.45, 2.75) is 6.10 Å². The molecule has 0 spiro atoms. The Morgan fingerprint density at radius 3 is 2.80 bits per heavy atom. The Labute approximate surface area is 115 Å². The first-order valence-corrected chi connectivity index (χ1v) is 5.83. The third-order valence-electron chi connectivity index (χ3n) is 2.70. The molecule has 1 unspecified atom stereocenters. The summed E-state index contributed by atoms with van der Waals surface area (Å²) >= 11 is 0. The normalized spacial score (nSPS) is 11.9. The Bertz CT molecular complexity index is 506. The smallest absolute Gasteiger partial charge is 0.292 e. The minimum Gasteiger partial charge on any atom is -0.393 e. The zero-order chi connectivity index (χ0) is 15.3. The van der Waals surface area contributed by atoms with Crippen molar-refractivity contribution in [3.05, 3.63) is 33.9 Å². The lowest BCUT2D eigenvalue weighted by Crippen LogP contribution is -2.36. The summed E-state index contributed by atoms with van der Waals surface area (Å²) < 4.78 is 4.76. The molecule has 1 rings (SSSR count). The number of rotatable bonds is 6. The number of aliphatic hydroxyl groups is 1. The summed E-state index contributed by atoms with van der Waals surface area (Å²) in [5, 5.41) is 20.3. The average Bonchev–Trinajstić information content (AvgIpc) is 2.38. The van der Waals surface area contributed by atoms with E-state index in [-0.39, 0.29) is 30.1 Å². The third-order valence-corrected chi connectivity index (χ3v) is 2.70. The molecule has 3 N–H and O–H groups in total. The zero-order valence-corrected chi connectivity index (χ0v) is 11.3. The molecule has 1 aromatic carbocycles. The molecule has 1 aromatic rings. The highest BCUT2D eigenvalue weighted by molar-refractivity contribution is 6.00. The van der Waals surface area contributed by atoms with E-state index in [0.717, 1.165) is 0 Å². The van der Waals surface area contributed by atoms with Crippen LogP contribution in [0.1, 0.15) is 10.4 Å². The van der Waals surface area contributed by atoms with E-state index in [2.05, 4.69) is 0 Å². The maximum Gasteiger partial charge on any atom is 0.292 e. The molecule has 0 heterocycles. The number of para-hydroxylation sites is 1. The number of ether oxygens (including phenoxy) is 1. The van der Waals surface area contributed by atoms with E-state index in [9.17, 15) is 20.0 Å². The number of carbonyl (C=O) groups is 1. The van der Waals surface area contributed by atoms with Crippen molar-refractivity contribution in [1.29, 1.82) is 0 Å². The monoisotopic (exact) mass is 283 g/mol. The molecular weight excluding hydrogens is 266 g/mol. The van der Waals surface area contributed by atoms with E-state index in [1.165, 1.54) is 37.3 Å². The second-order valence-corrected chi connectivity index (χ2v) is 4.29. The zero-order valence-electron chi connectivity index (χ0n) is 11.3. The summed E-state index contributed by atoms with van der Waals surface area (Å²) in [4.78, 5) is 23.5. The van der Waals surface area contributed by atoms with Crippen molar-refractivity contribution in [2.75, 3.05) is 33.0 Å². The average molecular weight is 283 g/mol. The van der Waals surface area contributed by atoms with Crippen LogP contribution in [0, 0.1) is 10.1 Å². The second-order valence-electron chi connectivity index (χ2n) is 4.29. The Hall–Kier alpha value is -2.19. The van der Waals surface area contributed by atoms with Gasteiger partial charge in [-0.15, -0.1) is 0 Å². The summed E-state index contributed by atoms with van der Waals surface area (Å²) in [6.07, 6.45) is -0.839. The Morgan fingerprint density at radius 2 is 2.25 bits per heavy atom. The van der Waals surface area contributed by atoms with E-state index in [4.69, 9.17) is 10.5 Å². The van der Waals surface area contributed by atoms with Gasteiger partial charge in [0.15, 0.2) is 0 Å². The molecule has 8 heteroatoms. The van der Waals surface area contributed by atoms with Crippen molar-refractivity contribution in [3.63, 3.8) is 0 Å². The van der Waals surface area contributed by atoms with E-state index < -0.39 is 16.9 Å². The molecule has 0 saturated heterocycles. The van der Waals surface area contributed by atoms with Crippen molar-refractivity contribution >= 4 is 17.3 Å². The largest absolute Gasteiger partial charge is 0.393 e. The van der Waals surface area contributed by atoms with Crippen LogP contribution in [-0.2, 0) is 4.74 Å². The van der Waals surface area contributed by atoms with Gasteiger partial charge < -0.3 is 20.5 Å². The lowest BCUT2D eigenvalue weighted by molar-refractivity contribution is -0.383. The molecule has 0 aliphatic rings. The van der Waals surface area contributed by atoms with Crippen LogP contribution in [0.3, 0.4) is 0 Å². The van der Waals surface area contributed by atoms with Gasteiger partial charge in [-0.1, -0.05) is 6.07 Å². The van der Waals surface area contributed by atoms with E-state index >= 15 is 0 Å². The van der Waals surface area contributed by atoms with Gasteiger partial charge in [0.1, 0.15) is 5.69 Å². The molecule has 20 heavy (non-hydrogen) atoms. The fourth-order valence-electron chi connectivity index (χ4n) is 1.75. The number of amides is 1. The van der Waals surface area contributed by atoms with Gasteiger partial charge in [0, 0.05) is 26.8 Å². The number of nitro benzene ring substituents is 1. The maximum atomic E-state index is 12.2. The number of anilines is 1. The van der Waals surface area contributed by atoms with Gasteiger partial charge in [0.25, 0.3) is 11.6 Å². The molecule has 8 nitrogen and oxygen atoms in total. The number of nitro groups is 1. The molecule has 0 saturated carbocycles. The summed E-state index contributed by atoms with van der Waals surface area (Å²) in [5.41, 5.74) is 5.17. The minimum atomic E-state index is -0.839. The number of hydrogen-bond donors (Lipinski definition) is 2. The van der Waals surface area contributed by atoms with Gasteiger partial charge in [0.05, 0.1) is 23.2 Å². The van der Waals surface area contributed by atoms with Crippen LogP contribution >= 0.6 is 0 Å². The van der Waals surface area contributed by atoms with Crippen molar-refractivity contribution in [2.24, 2.45) is 0 Å². The van der Waals surface area contributed by atoms with Gasteiger partial charge in [-0.2, -0.15) is 0 Å². The van der Waals surface area contributed by atoms with E-state index in [1.54, 1.807) is 0 Å². The first-order valence-electron chi connectivity index (χ1n) is 5.83. The lowest BCUT2D eigenvalue weighted by atomic mass is 10.1. The van der Waals surface area contributed by atoms with Gasteiger partial charge in [-0.25, -0.2) is 0 Å². The quantitative estimate of drug-likeness (QED) is 0.439. The van der Waals surface area contributed by atoms with Crippen molar-refractivity contribution in [3.8, 4) is 0 Å². The fraction of sp³-hybridized carbons (Fsp3) is 0.417. The number of nitrogen functional groups attached to an aromatic ring is 1. The SMILES string of the molecule is COCC(O)CN(C)C(=O)c1cccc([N+](=O)[O-])c1N. The van der Waals surface area contributed by atoms with Crippen LogP contribution in [-0.4, -0.2) is 54.3 Å². The van der Waals surface area contributed by atoms with Crippen LogP contribution < -0.4 is 5.73 Å². The molecule has 1 atom stereocenters. The van der Waals surface area contributed by atoms with Crippen LogP contribution in [0.5, 0.6) is 0 Å². The molecule has 0 fully saturated rings. The fourth-order valence-corrected chi connectivity index (χ4v) is 1.75. The van der Waals surface area contributed by atoms with Crippen molar-refractivity contribution in [1.82, 2.24) is 4.90 Å². The predicted octanol–water partition coefficient (Wildman–Crippen LogP) is 0.256. The number of nitrogens with two attached hydrogens (primary N) is 1. The molecule has 0 aliphatic heterocycles. The molecule has 1 amide bonds. The topological polar surface area (TPSA) is 119 Å². The first kappa shape index (κ1) is 15.9. The summed E-state index contributed by atoms with van der Waals surface area (Å²) in [6.45, 7) is 0.122. The minimum absolute atomic E-state index is 0.0336. The summed E-state index contributed by atoms with van der Waals surface area (Å²) in [6, 6.07) is 4.02. The summed E-state index contributed by atoms with van der Waals surface area (Å²) in [7, 11) is 2.91. The number of benzene rings is 1. The van der Waals surface area contributed by atoms with Crippen LogP contribution in [0.25, 0.3) is 0 Å². The summed E-state index contributed by atoms with van der Waals surface area (Å²) in [5.74, 6) is -0.499. The third kappa shape index (κ3) is 3.65. The number of nitrogens with zero attached hydrogens (tertiary/aromatic N) is 2. The number of carbonyl (C=O) groups excluding carboxylic acids is 1. The number of likely N-dealkylation sites (N-methyl/N-ethyl adjacent to an activating group) is 1. The number of methoxy groups -OCH3 is 1. The molecule has 0 aliphatic carbocycles. The van der Waals surface area contributed by atoms with Gasteiger partial charge >= 0.3 is 0 Å². The van der Waals surface area contributed by atoms with Gasteiger partial charge in [-0.3, -0.25) is 14.9 Å². The lowest BCUT2D eigenvalue weighted by Gasteiger charge is -2.21. The highest BCUT2D eigenvalue weighted by Gasteiger charge is 2.22. The molecule has 0 radical (unpaired) electrons. The first-order chi connectivity index (χ1) is 9.38. The van der Waals surface area contributed by atoms with Crippen molar-refractivity contribution < 1.29 is 19.6 Å². The van der Waals surface area contributed by atoms with Gasteiger partial charge in [-0.05, 0) is 6.07 Å². The molecule has 0 bridgehead atoms. The van der Waals surface area contributed by atoms with Crippen LogP contribution in [0.15, 0.2) is 18.2 Å². The maximum absolute atomic E-state index is 12.2. The molecule has 0 aromatic heterocycles. The number of hydrogen-bond acceptors (Lipinski definition) is 6. The Morgan fingerprint density at radius 1 is 1.60 bits per heavy atom. The predicted molar refractivity (Wildman–Crippen MR) is 72.4 cm³/mol.